The van der Waals surface area contributed by atoms with Gasteiger partial charge in [-0.25, -0.2) is 0 Å². The van der Waals surface area contributed by atoms with E-state index in [1.165, 1.54) is 0 Å². The molecule has 0 aliphatic rings. The highest BCUT2D eigenvalue weighted by Crippen LogP contribution is 2.38. The topological polar surface area (TPSA) is 28.7 Å². The average molecular weight is 334 g/mol. The summed E-state index contributed by atoms with van der Waals surface area (Å²) in [7, 11) is -0.788. The maximum absolute atomic E-state index is 12.7. The number of nitrogens with one attached hydrogen (secondary N) is 1. The number of alkyl halides is 3. The van der Waals surface area contributed by atoms with Gasteiger partial charge in [-0.1, -0.05) is 60.7 Å². The van der Waals surface area contributed by atoms with Crippen molar-refractivity contribution in [3.8, 4) is 0 Å². The van der Waals surface area contributed by atoms with Gasteiger partial charge in [0.2, 0.25) is 0 Å². The van der Waals surface area contributed by atoms with Crippen LogP contribution in [-0.2, 0) is 12.3 Å². The predicted octanol–water partition coefficient (Wildman–Crippen LogP) is 4.06. The summed E-state index contributed by atoms with van der Waals surface area (Å²) in [5.41, 5.74) is -0.375. The van der Waals surface area contributed by atoms with Crippen LogP contribution in [0, 0.1) is 0 Å². The standard InChI is InChI=1S/C17H14F3N2P/c18-17(19,20)16-11-13(21-22-16)12-23(14-7-3-1-4-8-14)15-9-5-2-6-10-15/h1-11H,12H2,(H,21,22). The quantitative estimate of drug-likeness (QED) is 0.716. The van der Waals surface area contributed by atoms with Crippen LogP contribution >= 0.6 is 7.92 Å². The molecular formula is C17H14F3N2P. The summed E-state index contributed by atoms with van der Waals surface area (Å²) in [6, 6.07) is 20.8. The number of H-pyrrole nitrogens is 1. The van der Waals surface area contributed by atoms with Gasteiger partial charge in [0.25, 0.3) is 0 Å². The minimum atomic E-state index is -4.42. The van der Waals surface area contributed by atoms with Gasteiger partial charge in [-0.15, -0.1) is 0 Å². The van der Waals surface area contributed by atoms with Crippen molar-refractivity contribution in [2.24, 2.45) is 0 Å². The molecule has 0 spiro atoms. The van der Waals surface area contributed by atoms with E-state index in [0.29, 0.717) is 11.9 Å². The first-order valence-corrected chi connectivity index (χ1v) is 8.56. The van der Waals surface area contributed by atoms with Crippen LogP contribution in [0.4, 0.5) is 13.2 Å². The Morgan fingerprint density at radius 1 is 0.870 bits per heavy atom. The van der Waals surface area contributed by atoms with Gasteiger partial charge in [-0.3, -0.25) is 5.10 Å². The number of aromatic nitrogens is 2. The van der Waals surface area contributed by atoms with E-state index in [9.17, 15) is 13.2 Å². The van der Waals surface area contributed by atoms with Gasteiger partial charge in [0.1, 0.15) is 0 Å². The Bertz CT molecular complexity index is 715. The lowest BCUT2D eigenvalue weighted by atomic mass is 10.4. The molecule has 118 valence electrons. The highest BCUT2D eigenvalue weighted by atomic mass is 31.1. The number of aromatic amines is 1. The Hall–Kier alpha value is -2.13. The molecule has 1 aromatic heterocycles. The summed E-state index contributed by atoms with van der Waals surface area (Å²) in [6.07, 6.45) is -3.93. The lowest BCUT2D eigenvalue weighted by molar-refractivity contribution is -0.141. The Morgan fingerprint density at radius 3 is 1.83 bits per heavy atom. The number of rotatable bonds is 4. The van der Waals surface area contributed by atoms with Gasteiger partial charge in [-0.05, 0) is 24.6 Å². The molecule has 0 radical (unpaired) electrons. The summed E-state index contributed by atoms with van der Waals surface area (Å²) in [5, 5.41) is 8.16. The van der Waals surface area contributed by atoms with E-state index >= 15 is 0 Å². The van der Waals surface area contributed by atoms with Crippen LogP contribution < -0.4 is 10.6 Å². The van der Waals surface area contributed by atoms with Crippen molar-refractivity contribution < 1.29 is 13.2 Å². The largest absolute Gasteiger partial charge is 0.435 e. The van der Waals surface area contributed by atoms with Crippen molar-refractivity contribution in [1.29, 1.82) is 0 Å². The van der Waals surface area contributed by atoms with Crippen molar-refractivity contribution in [3.63, 3.8) is 0 Å². The minimum absolute atomic E-state index is 0.492. The molecule has 0 aliphatic heterocycles. The number of hydrogen-bond donors (Lipinski definition) is 1. The fraction of sp³-hybridized carbons (Fsp3) is 0.118. The molecule has 3 aromatic rings. The SMILES string of the molecule is FC(F)(F)c1cc(CP(c2ccccc2)c2ccccc2)[nH]n1. The van der Waals surface area contributed by atoms with E-state index in [-0.39, 0.29) is 0 Å². The monoisotopic (exact) mass is 334 g/mol. The maximum Gasteiger partial charge on any atom is 0.435 e. The predicted molar refractivity (Wildman–Crippen MR) is 86.4 cm³/mol. The lowest BCUT2D eigenvalue weighted by Gasteiger charge is -2.17. The van der Waals surface area contributed by atoms with E-state index in [1.807, 2.05) is 60.7 Å². The fourth-order valence-corrected chi connectivity index (χ4v) is 4.54. The van der Waals surface area contributed by atoms with Crippen molar-refractivity contribution in [3.05, 3.63) is 78.1 Å². The van der Waals surface area contributed by atoms with Crippen molar-refractivity contribution in [1.82, 2.24) is 10.2 Å². The van der Waals surface area contributed by atoms with Crippen LogP contribution in [0.2, 0.25) is 0 Å². The van der Waals surface area contributed by atoms with Crippen molar-refractivity contribution in [2.45, 2.75) is 12.3 Å². The molecule has 1 N–H and O–H groups in total. The summed E-state index contributed by atoms with van der Waals surface area (Å²) in [6.45, 7) is 0. The van der Waals surface area contributed by atoms with Crippen LogP contribution in [0.25, 0.3) is 0 Å². The smallest absolute Gasteiger partial charge is 0.282 e. The molecule has 6 heteroatoms. The van der Waals surface area contributed by atoms with Crippen molar-refractivity contribution in [2.75, 3.05) is 0 Å². The van der Waals surface area contributed by atoms with Gasteiger partial charge >= 0.3 is 6.18 Å². The lowest BCUT2D eigenvalue weighted by Crippen LogP contribution is -2.13. The molecule has 2 nitrogen and oxygen atoms in total. The third kappa shape index (κ3) is 3.80. The summed E-state index contributed by atoms with van der Waals surface area (Å²) in [4.78, 5) is 0. The van der Waals surface area contributed by atoms with Crippen LogP contribution in [0.3, 0.4) is 0 Å². The highest BCUT2D eigenvalue weighted by molar-refractivity contribution is 7.72. The molecule has 0 amide bonds. The normalized spacial score (nSPS) is 11.8. The van der Waals surface area contributed by atoms with Gasteiger partial charge in [0.15, 0.2) is 5.69 Å². The summed E-state index contributed by atoms with van der Waals surface area (Å²) >= 11 is 0. The fourth-order valence-electron chi connectivity index (χ4n) is 2.31. The van der Waals surface area contributed by atoms with E-state index in [1.54, 1.807) is 0 Å². The molecule has 0 bridgehead atoms. The summed E-state index contributed by atoms with van der Waals surface area (Å²) in [5.74, 6) is 0. The molecule has 0 unspecified atom stereocenters. The van der Waals surface area contributed by atoms with Crippen LogP contribution in [0.5, 0.6) is 0 Å². The third-order valence-corrected chi connectivity index (χ3v) is 5.89. The second-order valence-electron chi connectivity index (χ2n) is 5.03. The van der Waals surface area contributed by atoms with E-state index in [0.717, 1.165) is 16.7 Å². The van der Waals surface area contributed by atoms with E-state index in [4.69, 9.17) is 0 Å². The van der Waals surface area contributed by atoms with E-state index < -0.39 is 19.8 Å². The Labute approximate surface area is 133 Å². The second kappa shape index (κ2) is 6.55. The molecule has 2 aromatic carbocycles. The molecule has 23 heavy (non-hydrogen) atoms. The highest BCUT2D eigenvalue weighted by Gasteiger charge is 2.34. The Morgan fingerprint density at radius 2 is 1.39 bits per heavy atom. The van der Waals surface area contributed by atoms with Gasteiger partial charge in [0, 0.05) is 11.9 Å². The second-order valence-corrected chi connectivity index (χ2v) is 7.24. The average Bonchev–Trinajstić information content (AvgIpc) is 3.03. The van der Waals surface area contributed by atoms with E-state index in [2.05, 4.69) is 10.2 Å². The first-order chi connectivity index (χ1) is 11.0. The molecule has 1 heterocycles. The maximum atomic E-state index is 12.7. The van der Waals surface area contributed by atoms with Crippen LogP contribution in [0.15, 0.2) is 66.7 Å². The van der Waals surface area contributed by atoms with Crippen LogP contribution in [-0.4, -0.2) is 10.2 Å². The summed E-state index contributed by atoms with van der Waals surface area (Å²) < 4.78 is 38.1. The van der Waals surface area contributed by atoms with Gasteiger partial charge in [0.05, 0.1) is 0 Å². The van der Waals surface area contributed by atoms with Gasteiger partial charge < -0.3 is 0 Å². The van der Waals surface area contributed by atoms with Crippen molar-refractivity contribution >= 4 is 18.5 Å². The van der Waals surface area contributed by atoms with Gasteiger partial charge in [-0.2, -0.15) is 18.3 Å². The van der Waals surface area contributed by atoms with Crippen LogP contribution in [0.1, 0.15) is 11.4 Å². The number of benzene rings is 2. The number of nitrogens with zero attached hydrogens (tertiary/aromatic N) is 1. The molecule has 0 aliphatic carbocycles. The Kier molecular flexibility index (Phi) is 4.49. The molecule has 0 atom stereocenters. The first-order valence-electron chi connectivity index (χ1n) is 7.03. The molecule has 3 rings (SSSR count). The zero-order chi connectivity index (χ0) is 16.3. The molecule has 0 fully saturated rings. The number of hydrogen-bond acceptors (Lipinski definition) is 1. The third-order valence-electron chi connectivity index (χ3n) is 3.39. The molecule has 0 saturated carbocycles. The Balaban J connectivity index is 1.92. The zero-order valence-corrected chi connectivity index (χ0v) is 13.0. The molecular weight excluding hydrogens is 320 g/mol. The minimum Gasteiger partial charge on any atom is -0.282 e. The first kappa shape index (κ1) is 15.8. The molecule has 0 saturated heterocycles. The number of halogens is 3. The zero-order valence-electron chi connectivity index (χ0n) is 12.1.